The van der Waals surface area contributed by atoms with Gasteiger partial charge in [-0.05, 0) is 38.0 Å². The summed E-state index contributed by atoms with van der Waals surface area (Å²) < 4.78 is 50.2. The maximum atomic E-state index is 13.8. The summed E-state index contributed by atoms with van der Waals surface area (Å²) in [5.74, 6) is 0.730. The predicted octanol–water partition coefficient (Wildman–Crippen LogP) is 2.48. The summed E-state index contributed by atoms with van der Waals surface area (Å²) in [4.78, 5) is 25.4. The van der Waals surface area contributed by atoms with Gasteiger partial charge in [0.25, 0.3) is 0 Å². The average Bonchev–Trinajstić information content (AvgIpc) is 3.27. The number of rotatable bonds is 6. The fraction of sp³-hybridized carbons (Fsp3) is 0.875. The van der Waals surface area contributed by atoms with Crippen LogP contribution in [0.5, 0.6) is 0 Å². The van der Waals surface area contributed by atoms with E-state index in [0.717, 1.165) is 38.9 Å². The fourth-order valence-electron chi connectivity index (χ4n) is 5.82. The Kier molecular flexibility index (Phi) is 8.38. The second-order valence-corrected chi connectivity index (χ2v) is 10.3. The van der Waals surface area contributed by atoms with Gasteiger partial charge in [0.1, 0.15) is 5.71 Å². The highest BCUT2D eigenvalue weighted by molar-refractivity contribution is 6.01. The predicted molar refractivity (Wildman–Crippen MR) is 127 cm³/mol. The van der Waals surface area contributed by atoms with Crippen LogP contribution in [0.2, 0.25) is 0 Å². The molecule has 3 aliphatic heterocycles. The molecule has 0 aromatic heterocycles. The Morgan fingerprint density at radius 3 is 2.71 bits per heavy atom. The molecule has 4 atom stereocenters. The third kappa shape index (κ3) is 6.17. The number of guanidine groups is 1. The van der Waals surface area contributed by atoms with Gasteiger partial charge in [-0.25, -0.2) is 4.99 Å². The molecule has 3 heterocycles. The molecule has 3 fully saturated rings. The number of piperazine rings is 1. The Bertz CT molecular complexity index is 813. The summed E-state index contributed by atoms with van der Waals surface area (Å²) in [5.41, 5.74) is -1.24. The largest absolute Gasteiger partial charge is 0.429 e. The molecule has 0 radical (unpaired) electrons. The van der Waals surface area contributed by atoms with Crippen LogP contribution in [0.25, 0.3) is 0 Å². The van der Waals surface area contributed by atoms with Crippen molar-refractivity contribution in [1.82, 2.24) is 15.1 Å². The van der Waals surface area contributed by atoms with Crippen molar-refractivity contribution in [2.24, 2.45) is 21.3 Å². The van der Waals surface area contributed by atoms with Gasteiger partial charge in [0.15, 0.2) is 0 Å². The molecule has 2 saturated heterocycles. The van der Waals surface area contributed by atoms with E-state index < -0.39 is 17.3 Å². The quantitative estimate of drug-likeness (QED) is 0.605. The lowest BCUT2D eigenvalue weighted by atomic mass is 9.80. The average molecular weight is 502 g/mol. The minimum Gasteiger partial charge on any atom is -0.385 e. The number of nitrogens with one attached hydrogen (secondary N) is 1. The maximum absolute atomic E-state index is 13.8. The lowest BCUT2D eigenvalue weighted by molar-refractivity contribution is -0.144. The molecule has 198 valence electrons. The van der Waals surface area contributed by atoms with Crippen LogP contribution in [-0.4, -0.2) is 105 Å². The van der Waals surface area contributed by atoms with E-state index in [1.54, 1.807) is 12.0 Å². The van der Waals surface area contributed by atoms with Gasteiger partial charge in [0.2, 0.25) is 11.9 Å². The molecule has 0 aromatic carbocycles. The lowest BCUT2D eigenvalue weighted by Gasteiger charge is -2.40. The number of aliphatic imine (C=N–C) groups is 2. The lowest BCUT2D eigenvalue weighted by Crippen LogP contribution is -2.54. The van der Waals surface area contributed by atoms with Gasteiger partial charge < -0.3 is 24.6 Å². The van der Waals surface area contributed by atoms with Crippen molar-refractivity contribution >= 4 is 17.6 Å². The number of nitrogens with zero attached hydrogens (tertiary/aromatic N) is 4. The second kappa shape index (κ2) is 11.1. The number of carbonyl (C=O) groups excluding carboxylic acids is 1. The minimum absolute atomic E-state index is 0.0904. The summed E-state index contributed by atoms with van der Waals surface area (Å²) in [5, 5.41) is 3.80. The number of methoxy groups -OCH3 is 1. The molecule has 1 amide bonds. The zero-order chi connectivity index (χ0) is 25.1. The van der Waals surface area contributed by atoms with E-state index in [1.165, 1.54) is 0 Å². The van der Waals surface area contributed by atoms with Crippen LogP contribution in [0.15, 0.2) is 9.98 Å². The van der Waals surface area contributed by atoms with Crippen LogP contribution >= 0.6 is 0 Å². The maximum Gasteiger partial charge on any atom is 0.429 e. The van der Waals surface area contributed by atoms with Crippen LogP contribution in [-0.2, 0) is 14.3 Å². The molecular formula is C24H38F3N5O3. The molecule has 0 spiro atoms. The highest BCUT2D eigenvalue weighted by Crippen LogP contribution is 2.43. The SMILES string of the molecule is COCC[C@]1(C(=O)N2CCN(C3=NCCC(C(F)(F)F)=N3)CC2)CC[C@@H](NC2CCOCC2C)C1. The van der Waals surface area contributed by atoms with Crippen LogP contribution in [0.1, 0.15) is 45.4 Å². The molecule has 1 aliphatic carbocycles. The monoisotopic (exact) mass is 501 g/mol. The van der Waals surface area contributed by atoms with Gasteiger partial charge >= 0.3 is 6.18 Å². The van der Waals surface area contributed by atoms with E-state index >= 15 is 0 Å². The molecular weight excluding hydrogens is 463 g/mol. The van der Waals surface area contributed by atoms with E-state index in [9.17, 15) is 18.0 Å². The number of hydrogen-bond acceptors (Lipinski definition) is 7. The molecule has 4 rings (SSSR count). The van der Waals surface area contributed by atoms with Crippen LogP contribution in [0.4, 0.5) is 13.2 Å². The first-order valence-electron chi connectivity index (χ1n) is 12.8. The van der Waals surface area contributed by atoms with Crippen molar-refractivity contribution in [2.45, 2.75) is 63.7 Å². The van der Waals surface area contributed by atoms with Crippen LogP contribution in [0, 0.1) is 11.3 Å². The highest BCUT2D eigenvalue weighted by Gasteiger charge is 2.48. The molecule has 4 aliphatic rings. The van der Waals surface area contributed by atoms with Crippen molar-refractivity contribution in [1.29, 1.82) is 0 Å². The summed E-state index contributed by atoms with van der Waals surface area (Å²) in [6.45, 7) is 6.13. The topological polar surface area (TPSA) is 78.8 Å². The van der Waals surface area contributed by atoms with Gasteiger partial charge in [0, 0.05) is 71.6 Å². The van der Waals surface area contributed by atoms with Gasteiger partial charge in [-0.1, -0.05) is 6.92 Å². The second-order valence-electron chi connectivity index (χ2n) is 10.3. The summed E-state index contributed by atoms with van der Waals surface area (Å²) in [7, 11) is 1.66. The molecule has 0 bridgehead atoms. The zero-order valence-corrected chi connectivity index (χ0v) is 20.8. The first-order chi connectivity index (χ1) is 16.7. The third-order valence-corrected chi connectivity index (χ3v) is 7.95. The molecule has 0 aromatic rings. The Labute approximate surface area is 205 Å². The molecule has 1 saturated carbocycles. The normalized spacial score (nSPS) is 32.4. The van der Waals surface area contributed by atoms with Crippen LogP contribution in [0.3, 0.4) is 0 Å². The van der Waals surface area contributed by atoms with Gasteiger partial charge in [-0.3, -0.25) is 9.79 Å². The standard InChI is InChI=1S/C24H38F3N5O3/c1-17-16-35-13-5-19(17)29-18-3-6-23(15-18,7-14-34-2)21(33)31-9-11-32(12-10-31)22-28-8-4-20(30-22)24(25,26)27/h17-19,29H,3-16H2,1-2H3/t17?,18-,19?,23-/m1/s1. The van der Waals surface area contributed by atoms with Crippen molar-refractivity contribution in [3.8, 4) is 0 Å². The van der Waals surface area contributed by atoms with Crippen molar-refractivity contribution < 1.29 is 27.4 Å². The van der Waals surface area contributed by atoms with Crippen LogP contribution < -0.4 is 5.32 Å². The Morgan fingerprint density at radius 2 is 2.03 bits per heavy atom. The molecule has 8 nitrogen and oxygen atoms in total. The summed E-state index contributed by atoms with van der Waals surface area (Å²) in [6, 6.07) is 0.693. The first kappa shape index (κ1) is 26.3. The molecule has 11 heteroatoms. The third-order valence-electron chi connectivity index (χ3n) is 7.95. The minimum atomic E-state index is -4.43. The summed E-state index contributed by atoms with van der Waals surface area (Å²) in [6.07, 6.45) is -0.401. The van der Waals surface area contributed by atoms with E-state index in [0.29, 0.717) is 51.2 Å². The number of alkyl halides is 3. The summed E-state index contributed by atoms with van der Waals surface area (Å²) >= 11 is 0. The van der Waals surface area contributed by atoms with Crippen molar-refractivity contribution in [3.63, 3.8) is 0 Å². The number of ether oxygens (including phenoxy) is 2. The first-order valence-corrected chi connectivity index (χ1v) is 12.8. The molecule has 2 unspecified atom stereocenters. The number of amides is 1. The number of hydrogen-bond donors (Lipinski definition) is 1. The van der Waals surface area contributed by atoms with Gasteiger partial charge in [0.05, 0.1) is 12.0 Å². The molecule has 1 N–H and O–H groups in total. The van der Waals surface area contributed by atoms with E-state index in [4.69, 9.17) is 9.47 Å². The number of halogens is 3. The van der Waals surface area contributed by atoms with Gasteiger partial charge in [-0.15, -0.1) is 0 Å². The van der Waals surface area contributed by atoms with E-state index in [-0.39, 0.29) is 30.9 Å². The Hall–Kier alpha value is -1.72. The van der Waals surface area contributed by atoms with Crippen molar-refractivity contribution in [3.05, 3.63) is 0 Å². The Morgan fingerprint density at radius 1 is 1.26 bits per heavy atom. The van der Waals surface area contributed by atoms with Gasteiger partial charge in [-0.2, -0.15) is 13.2 Å². The highest BCUT2D eigenvalue weighted by atomic mass is 19.4. The Balaban J connectivity index is 1.37. The molecule has 35 heavy (non-hydrogen) atoms. The fourth-order valence-corrected chi connectivity index (χ4v) is 5.82. The number of carbonyl (C=O) groups is 1. The van der Waals surface area contributed by atoms with E-state index in [2.05, 4.69) is 22.2 Å². The zero-order valence-electron chi connectivity index (χ0n) is 20.8. The van der Waals surface area contributed by atoms with E-state index in [1.807, 2.05) is 4.90 Å². The van der Waals surface area contributed by atoms with Crippen molar-refractivity contribution in [2.75, 3.05) is 59.7 Å². The smallest absolute Gasteiger partial charge is 0.385 e.